The summed E-state index contributed by atoms with van der Waals surface area (Å²) in [4.78, 5) is 0. The largest absolute Gasteiger partial charge is 0.288 e. The molecule has 0 radical (unpaired) electrons. The number of benzene rings is 1. The van der Waals surface area contributed by atoms with E-state index in [0.29, 0.717) is 5.92 Å². The smallest absolute Gasteiger partial charge is 0.123 e. The lowest BCUT2D eigenvalue weighted by atomic mass is 10.0. The van der Waals surface area contributed by atoms with Crippen LogP contribution in [0.25, 0.3) is 5.69 Å². The van der Waals surface area contributed by atoms with E-state index in [1.807, 2.05) is 16.7 Å². The maximum absolute atomic E-state index is 6.11. The molecule has 0 aliphatic heterocycles. The normalized spacial score (nSPS) is 10.9. The third-order valence-electron chi connectivity index (χ3n) is 2.32. The minimum atomic E-state index is 0.411. The van der Waals surface area contributed by atoms with Crippen molar-refractivity contribution >= 4 is 11.6 Å². The summed E-state index contributed by atoms with van der Waals surface area (Å²) in [7, 11) is 0. The standard InChI is InChI=1S/C11H12ClN3/c1-8(2)10-5-9(3-4-11(10)12)15-6-13-14-7-15/h3-8H,1-2H3. The van der Waals surface area contributed by atoms with Crippen LogP contribution in [0.2, 0.25) is 5.02 Å². The van der Waals surface area contributed by atoms with Gasteiger partial charge in [0.2, 0.25) is 0 Å². The predicted molar refractivity (Wildman–Crippen MR) is 60.5 cm³/mol. The van der Waals surface area contributed by atoms with Crippen LogP contribution < -0.4 is 0 Å². The zero-order chi connectivity index (χ0) is 10.8. The Bertz CT molecular complexity index is 449. The van der Waals surface area contributed by atoms with Crippen molar-refractivity contribution in [3.8, 4) is 5.69 Å². The number of rotatable bonds is 2. The van der Waals surface area contributed by atoms with Crippen LogP contribution in [0.3, 0.4) is 0 Å². The second kappa shape index (κ2) is 4.03. The second-order valence-corrected chi connectivity index (χ2v) is 4.14. The highest BCUT2D eigenvalue weighted by Crippen LogP contribution is 2.26. The fourth-order valence-corrected chi connectivity index (χ4v) is 1.80. The molecule has 0 aliphatic carbocycles. The molecule has 0 saturated carbocycles. The van der Waals surface area contributed by atoms with Crippen molar-refractivity contribution in [3.63, 3.8) is 0 Å². The van der Waals surface area contributed by atoms with E-state index in [4.69, 9.17) is 11.6 Å². The Balaban J connectivity index is 2.48. The first-order chi connectivity index (χ1) is 7.18. The van der Waals surface area contributed by atoms with Gasteiger partial charge in [0.1, 0.15) is 12.7 Å². The van der Waals surface area contributed by atoms with Gasteiger partial charge in [-0.25, -0.2) is 0 Å². The Morgan fingerprint density at radius 3 is 2.47 bits per heavy atom. The third kappa shape index (κ3) is 2.02. The van der Waals surface area contributed by atoms with E-state index in [9.17, 15) is 0 Å². The number of nitrogens with zero attached hydrogens (tertiary/aromatic N) is 3. The van der Waals surface area contributed by atoms with E-state index in [0.717, 1.165) is 16.3 Å². The van der Waals surface area contributed by atoms with Crippen LogP contribution in [-0.2, 0) is 0 Å². The lowest BCUT2D eigenvalue weighted by Crippen LogP contribution is -1.95. The first-order valence-electron chi connectivity index (χ1n) is 4.83. The zero-order valence-corrected chi connectivity index (χ0v) is 9.44. The van der Waals surface area contributed by atoms with Gasteiger partial charge in [0.15, 0.2) is 0 Å². The van der Waals surface area contributed by atoms with Gasteiger partial charge in [-0.1, -0.05) is 25.4 Å². The fraction of sp³-hybridized carbons (Fsp3) is 0.273. The molecular formula is C11H12ClN3. The van der Waals surface area contributed by atoms with Gasteiger partial charge >= 0.3 is 0 Å². The molecule has 0 amide bonds. The molecule has 0 spiro atoms. The quantitative estimate of drug-likeness (QED) is 0.781. The SMILES string of the molecule is CC(C)c1cc(-n2cnnc2)ccc1Cl. The summed E-state index contributed by atoms with van der Waals surface area (Å²) < 4.78 is 1.86. The third-order valence-corrected chi connectivity index (χ3v) is 2.66. The van der Waals surface area contributed by atoms with Crippen LogP contribution in [0.1, 0.15) is 25.3 Å². The maximum Gasteiger partial charge on any atom is 0.123 e. The van der Waals surface area contributed by atoms with Crippen LogP contribution in [0, 0.1) is 0 Å². The molecule has 0 unspecified atom stereocenters. The number of hydrogen-bond donors (Lipinski definition) is 0. The van der Waals surface area contributed by atoms with Crippen molar-refractivity contribution in [1.29, 1.82) is 0 Å². The van der Waals surface area contributed by atoms with Crippen LogP contribution in [0.15, 0.2) is 30.9 Å². The fourth-order valence-electron chi connectivity index (χ4n) is 1.47. The summed E-state index contributed by atoms with van der Waals surface area (Å²) in [6.07, 6.45) is 3.35. The number of hydrogen-bond acceptors (Lipinski definition) is 2. The molecular weight excluding hydrogens is 210 g/mol. The molecule has 2 aromatic rings. The lowest BCUT2D eigenvalue weighted by Gasteiger charge is -2.10. The Morgan fingerprint density at radius 1 is 1.20 bits per heavy atom. The van der Waals surface area contributed by atoms with Crippen LogP contribution >= 0.6 is 11.6 Å². The van der Waals surface area contributed by atoms with Crippen molar-refractivity contribution in [2.24, 2.45) is 0 Å². The minimum Gasteiger partial charge on any atom is -0.288 e. The van der Waals surface area contributed by atoms with Crippen LogP contribution in [-0.4, -0.2) is 14.8 Å². The molecule has 0 N–H and O–H groups in total. The molecule has 15 heavy (non-hydrogen) atoms. The van der Waals surface area contributed by atoms with Crippen LogP contribution in [0.4, 0.5) is 0 Å². The average Bonchev–Trinajstić information content (AvgIpc) is 2.71. The van der Waals surface area contributed by atoms with Gasteiger partial charge < -0.3 is 0 Å². The summed E-state index contributed by atoms with van der Waals surface area (Å²) >= 11 is 6.11. The second-order valence-electron chi connectivity index (χ2n) is 3.73. The van der Waals surface area contributed by atoms with E-state index in [-0.39, 0.29) is 0 Å². The highest BCUT2D eigenvalue weighted by atomic mass is 35.5. The molecule has 78 valence electrons. The maximum atomic E-state index is 6.11. The molecule has 0 atom stereocenters. The molecule has 2 rings (SSSR count). The van der Waals surface area contributed by atoms with Crippen molar-refractivity contribution < 1.29 is 0 Å². The highest BCUT2D eigenvalue weighted by molar-refractivity contribution is 6.31. The van der Waals surface area contributed by atoms with Crippen molar-refractivity contribution in [2.75, 3.05) is 0 Å². The summed E-state index contributed by atoms with van der Waals surface area (Å²) in [6.45, 7) is 4.24. The first kappa shape index (κ1) is 10.2. The van der Waals surface area contributed by atoms with Crippen LogP contribution in [0.5, 0.6) is 0 Å². The van der Waals surface area contributed by atoms with E-state index < -0.39 is 0 Å². The average molecular weight is 222 g/mol. The van der Waals surface area contributed by atoms with Gasteiger partial charge in [0.25, 0.3) is 0 Å². The summed E-state index contributed by atoms with van der Waals surface area (Å²) in [6, 6.07) is 5.93. The van der Waals surface area contributed by atoms with Gasteiger partial charge in [-0.05, 0) is 29.7 Å². The minimum absolute atomic E-state index is 0.411. The molecule has 3 nitrogen and oxygen atoms in total. The number of halogens is 1. The Labute approximate surface area is 93.7 Å². The van der Waals surface area contributed by atoms with Gasteiger partial charge in [0, 0.05) is 10.7 Å². The van der Waals surface area contributed by atoms with E-state index in [2.05, 4.69) is 30.1 Å². The lowest BCUT2D eigenvalue weighted by molar-refractivity contribution is 0.863. The molecule has 1 aromatic heterocycles. The van der Waals surface area contributed by atoms with Gasteiger partial charge in [-0.3, -0.25) is 4.57 Å². The van der Waals surface area contributed by atoms with E-state index in [1.54, 1.807) is 12.7 Å². The molecule has 0 aliphatic rings. The predicted octanol–water partition coefficient (Wildman–Crippen LogP) is 3.04. The van der Waals surface area contributed by atoms with E-state index >= 15 is 0 Å². The topological polar surface area (TPSA) is 30.7 Å². The van der Waals surface area contributed by atoms with Crippen molar-refractivity contribution in [3.05, 3.63) is 41.4 Å². The Hall–Kier alpha value is -1.35. The summed E-state index contributed by atoms with van der Waals surface area (Å²) in [5.74, 6) is 0.411. The first-order valence-corrected chi connectivity index (χ1v) is 5.20. The monoisotopic (exact) mass is 221 g/mol. The summed E-state index contributed by atoms with van der Waals surface area (Å²) in [5.41, 5.74) is 2.18. The number of aromatic nitrogens is 3. The van der Waals surface area contributed by atoms with Crippen molar-refractivity contribution in [1.82, 2.24) is 14.8 Å². The van der Waals surface area contributed by atoms with E-state index in [1.165, 1.54) is 0 Å². The van der Waals surface area contributed by atoms with Gasteiger partial charge in [-0.2, -0.15) is 0 Å². The van der Waals surface area contributed by atoms with Crippen molar-refractivity contribution in [2.45, 2.75) is 19.8 Å². The molecule has 1 heterocycles. The van der Waals surface area contributed by atoms with Gasteiger partial charge in [-0.15, -0.1) is 10.2 Å². The highest BCUT2D eigenvalue weighted by Gasteiger charge is 2.06. The molecule has 0 bridgehead atoms. The molecule has 4 heteroatoms. The zero-order valence-electron chi connectivity index (χ0n) is 8.68. The Morgan fingerprint density at radius 2 is 1.87 bits per heavy atom. The summed E-state index contributed by atoms with van der Waals surface area (Å²) in [5, 5.41) is 8.36. The van der Waals surface area contributed by atoms with Gasteiger partial charge in [0.05, 0.1) is 0 Å². The Kier molecular flexibility index (Phi) is 2.73. The molecule has 0 fully saturated rings. The molecule has 1 aromatic carbocycles. The molecule has 0 saturated heterocycles.